The lowest BCUT2D eigenvalue weighted by Crippen LogP contribution is -2.13. The van der Waals surface area contributed by atoms with E-state index in [1.807, 2.05) is 19.0 Å². The van der Waals surface area contributed by atoms with Gasteiger partial charge in [0.2, 0.25) is 0 Å². The Balaban J connectivity index is 2.59. The van der Waals surface area contributed by atoms with Crippen molar-refractivity contribution in [3.63, 3.8) is 0 Å². The third kappa shape index (κ3) is 2.05. The molecule has 86 valence electrons. The molecule has 0 aliphatic rings. The molecular formula is C11H14ClN3S. The van der Waals surface area contributed by atoms with Gasteiger partial charge in [-0.2, -0.15) is 0 Å². The predicted molar refractivity (Wildman–Crippen MR) is 69.3 cm³/mol. The first-order chi connectivity index (χ1) is 7.49. The van der Waals surface area contributed by atoms with E-state index in [1.165, 1.54) is 10.4 Å². The molecular weight excluding hydrogens is 242 g/mol. The van der Waals surface area contributed by atoms with Crippen molar-refractivity contribution in [1.29, 1.82) is 0 Å². The topological polar surface area (TPSA) is 29.0 Å². The van der Waals surface area contributed by atoms with E-state index in [-0.39, 0.29) is 0 Å². The summed E-state index contributed by atoms with van der Waals surface area (Å²) in [6, 6.07) is 0. The van der Waals surface area contributed by atoms with Gasteiger partial charge in [-0.1, -0.05) is 11.6 Å². The molecule has 0 fully saturated rings. The molecule has 0 saturated carbocycles. The summed E-state index contributed by atoms with van der Waals surface area (Å²) in [5.74, 6) is 0.781. The Bertz CT molecular complexity index is 533. The standard InChI is InChI=1S/C11H14ClN3S/c1-6-7(2)16-11-9(6)10(12)13-8(14-11)5-15(3)4/h5H2,1-4H3. The van der Waals surface area contributed by atoms with Gasteiger partial charge in [-0.05, 0) is 33.5 Å². The highest BCUT2D eigenvalue weighted by Crippen LogP contribution is 2.32. The minimum Gasteiger partial charge on any atom is -0.302 e. The molecule has 2 aromatic rings. The molecule has 0 radical (unpaired) electrons. The molecule has 0 saturated heterocycles. The third-order valence-corrected chi connectivity index (χ3v) is 3.86. The Labute approximate surface area is 104 Å². The number of rotatable bonds is 2. The first-order valence-electron chi connectivity index (χ1n) is 5.06. The molecule has 2 heterocycles. The van der Waals surface area contributed by atoms with Gasteiger partial charge >= 0.3 is 0 Å². The van der Waals surface area contributed by atoms with Crippen LogP contribution in [0.3, 0.4) is 0 Å². The van der Waals surface area contributed by atoms with Crippen LogP contribution in [0.2, 0.25) is 5.15 Å². The van der Waals surface area contributed by atoms with Crippen molar-refractivity contribution >= 4 is 33.2 Å². The SMILES string of the molecule is Cc1sc2nc(CN(C)C)nc(Cl)c2c1C. The molecule has 0 amide bonds. The van der Waals surface area contributed by atoms with Gasteiger partial charge in [0.05, 0.1) is 11.9 Å². The summed E-state index contributed by atoms with van der Waals surface area (Å²) in [5.41, 5.74) is 1.20. The molecule has 0 N–H and O–H groups in total. The lowest BCUT2D eigenvalue weighted by molar-refractivity contribution is 0.391. The zero-order valence-electron chi connectivity index (χ0n) is 9.83. The van der Waals surface area contributed by atoms with Crippen LogP contribution >= 0.6 is 22.9 Å². The normalized spacial score (nSPS) is 11.6. The van der Waals surface area contributed by atoms with E-state index in [1.54, 1.807) is 11.3 Å². The van der Waals surface area contributed by atoms with Gasteiger partial charge in [-0.25, -0.2) is 9.97 Å². The number of aryl methyl sites for hydroxylation is 2. The Morgan fingerprint density at radius 1 is 1.25 bits per heavy atom. The lowest BCUT2D eigenvalue weighted by Gasteiger charge is -2.08. The van der Waals surface area contributed by atoms with E-state index in [2.05, 4.69) is 23.8 Å². The van der Waals surface area contributed by atoms with Crippen molar-refractivity contribution in [2.45, 2.75) is 20.4 Å². The number of fused-ring (bicyclic) bond motifs is 1. The van der Waals surface area contributed by atoms with E-state index in [4.69, 9.17) is 11.6 Å². The van der Waals surface area contributed by atoms with Gasteiger partial charge in [0.25, 0.3) is 0 Å². The fourth-order valence-corrected chi connectivity index (χ4v) is 3.03. The molecule has 0 aliphatic heterocycles. The summed E-state index contributed by atoms with van der Waals surface area (Å²) in [6.45, 7) is 4.87. The van der Waals surface area contributed by atoms with E-state index < -0.39 is 0 Å². The van der Waals surface area contributed by atoms with Crippen molar-refractivity contribution in [3.05, 3.63) is 21.4 Å². The summed E-state index contributed by atoms with van der Waals surface area (Å²) in [4.78, 5) is 13.2. The average Bonchev–Trinajstić information content (AvgIpc) is 2.41. The van der Waals surface area contributed by atoms with Crippen LogP contribution in [0.1, 0.15) is 16.3 Å². The third-order valence-electron chi connectivity index (χ3n) is 2.49. The largest absolute Gasteiger partial charge is 0.302 e. The van der Waals surface area contributed by atoms with Crippen LogP contribution in [0.15, 0.2) is 0 Å². The monoisotopic (exact) mass is 255 g/mol. The van der Waals surface area contributed by atoms with Crippen LogP contribution in [-0.4, -0.2) is 29.0 Å². The number of halogens is 1. The quantitative estimate of drug-likeness (QED) is 0.773. The summed E-state index contributed by atoms with van der Waals surface area (Å²) < 4.78 is 0. The number of hydrogen-bond acceptors (Lipinski definition) is 4. The summed E-state index contributed by atoms with van der Waals surface area (Å²) in [7, 11) is 3.98. The zero-order valence-corrected chi connectivity index (χ0v) is 11.4. The summed E-state index contributed by atoms with van der Waals surface area (Å²) in [5, 5.41) is 1.58. The first kappa shape index (κ1) is 11.8. The first-order valence-corrected chi connectivity index (χ1v) is 6.25. The van der Waals surface area contributed by atoms with Gasteiger partial charge in [0.15, 0.2) is 0 Å². The number of nitrogens with zero attached hydrogens (tertiary/aromatic N) is 3. The predicted octanol–water partition coefficient (Wildman–Crippen LogP) is 3.02. The minimum atomic E-state index is 0.573. The molecule has 0 spiro atoms. The highest BCUT2D eigenvalue weighted by atomic mass is 35.5. The van der Waals surface area contributed by atoms with Crippen LogP contribution in [0.4, 0.5) is 0 Å². The smallest absolute Gasteiger partial charge is 0.145 e. The maximum atomic E-state index is 6.20. The maximum absolute atomic E-state index is 6.20. The molecule has 0 aliphatic carbocycles. The van der Waals surface area contributed by atoms with Crippen LogP contribution in [0.25, 0.3) is 10.2 Å². The molecule has 3 nitrogen and oxygen atoms in total. The average molecular weight is 256 g/mol. The Kier molecular flexibility index (Phi) is 3.15. The second-order valence-corrected chi connectivity index (χ2v) is 5.69. The Morgan fingerprint density at radius 2 is 1.94 bits per heavy atom. The summed E-state index contributed by atoms with van der Waals surface area (Å²) in [6.07, 6.45) is 0. The molecule has 0 atom stereocenters. The highest BCUT2D eigenvalue weighted by Gasteiger charge is 2.13. The highest BCUT2D eigenvalue weighted by molar-refractivity contribution is 7.18. The van der Waals surface area contributed by atoms with Gasteiger partial charge in [0.1, 0.15) is 15.8 Å². The second kappa shape index (κ2) is 4.28. The Hall–Kier alpha value is -0.710. The number of hydrogen-bond donors (Lipinski definition) is 0. The van der Waals surface area contributed by atoms with Gasteiger partial charge in [-0.15, -0.1) is 11.3 Å². The van der Waals surface area contributed by atoms with Gasteiger partial charge in [0, 0.05) is 4.88 Å². The molecule has 2 aromatic heterocycles. The molecule has 0 aromatic carbocycles. The number of thiophene rings is 1. The molecule has 0 unspecified atom stereocenters. The van der Waals surface area contributed by atoms with Crippen molar-refractivity contribution in [2.75, 3.05) is 14.1 Å². The van der Waals surface area contributed by atoms with Gasteiger partial charge < -0.3 is 4.90 Å². The minimum absolute atomic E-state index is 0.573. The van der Waals surface area contributed by atoms with E-state index in [9.17, 15) is 0 Å². The van der Waals surface area contributed by atoms with Crippen molar-refractivity contribution in [1.82, 2.24) is 14.9 Å². The molecule has 16 heavy (non-hydrogen) atoms. The van der Waals surface area contributed by atoms with Crippen LogP contribution in [-0.2, 0) is 6.54 Å². The molecule has 0 bridgehead atoms. The van der Waals surface area contributed by atoms with Gasteiger partial charge in [-0.3, -0.25) is 0 Å². The molecule has 2 rings (SSSR count). The second-order valence-electron chi connectivity index (χ2n) is 4.13. The van der Waals surface area contributed by atoms with Crippen molar-refractivity contribution in [2.24, 2.45) is 0 Å². The Morgan fingerprint density at radius 3 is 2.56 bits per heavy atom. The van der Waals surface area contributed by atoms with E-state index in [0.717, 1.165) is 16.0 Å². The fourth-order valence-electron chi connectivity index (χ4n) is 1.60. The maximum Gasteiger partial charge on any atom is 0.145 e. The zero-order chi connectivity index (χ0) is 11.9. The van der Waals surface area contributed by atoms with Crippen LogP contribution < -0.4 is 0 Å². The van der Waals surface area contributed by atoms with E-state index >= 15 is 0 Å². The fraction of sp³-hybridized carbons (Fsp3) is 0.455. The molecule has 5 heteroatoms. The van der Waals surface area contributed by atoms with Crippen molar-refractivity contribution < 1.29 is 0 Å². The van der Waals surface area contributed by atoms with Crippen LogP contribution in [0.5, 0.6) is 0 Å². The van der Waals surface area contributed by atoms with Crippen molar-refractivity contribution in [3.8, 4) is 0 Å². The lowest BCUT2D eigenvalue weighted by atomic mass is 10.2. The van der Waals surface area contributed by atoms with Crippen LogP contribution in [0, 0.1) is 13.8 Å². The number of aromatic nitrogens is 2. The van der Waals surface area contributed by atoms with E-state index in [0.29, 0.717) is 11.7 Å². The summed E-state index contributed by atoms with van der Waals surface area (Å²) >= 11 is 7.88.